The highest BCUT2D eigenvalue weighted by Gasteiger charge is 2.16. The van der Waals surface area contributed by atoms with Gasteiger partial charge in [0.2, 0.25) is 0 Å². The molecule has 0 aromatic carbocycles. The summed E-state index contributed by atoms with van der Waals surface area (Å²) in [4.78, 5) is 13.0. The van der Waals surface area contributed by atoms with Crippen molar-refractivity contribution in [2.24, 2.45) is 0 Å². The zero-order valence-electron chi connectivity index (χ0n) is 8.17. The summed E-state index contributed by atoms with van der Waals surface area (Å²) in [7, 11) is 3.45. The first kappa shape index (κ1) is 10.3. The molecule has 0 spiro atoms. The number of amides is 1. The van der Waals surface area contributed by atoms with E-state index in [9.17, 15) is 4.79 Å². The molecule has 1 rings (SSSR count). The molecule has 1 aliphatic heterocycles. The highest BCUT2D eigenvalue weighted by Crippen LogP contribution is 1.94. The summed E-state index contributed by atoms with van der Waals surface area (Å²) in [6.45, 7) is 3.62. The number of methoxy groups -OCH3 is 1. The van der Waals surface area contributed by atoms with E-state index in [1.807, 2.05) is 0 Å². The van der Waals surface area contributed by atoms with Gasteiger partial charge in [0.1, 0.15) is 0 Å². The molecular weight excluding hydrogens is 170 g/mol. The van der Waals surface area contributed by atoms with Gasteiger partial charge in [0.05, 0.1) is 7.11 Å². The van der Waals surface area contributed by atoms with Gasteiger partial charge in [-0.05, 0) is 7.05 Å². The van der Waals surface area contributed by atoms with E-state index in [0.29, 0.717) is 12.6 Å². The molecule has 76 valence electrons. The third-order valence-corrected chi connectivity index (χ3v) is 2.14. The van der Waals surface area contributed by atoms with Gasteiger partial charge in [-0.25, -0.2) is 4.79 Å². The summed E-state index contributed by atoms with van der Waals surface area (Å²) < 4.78 is 4.48. The van der Waals surface area contributed by atoms with Crippen LogP contribution in [0.15, 0.2) is 0 Å². The standard InChI is InChI=1S/C8H17N3O2/c1-11-4-3-9-7(6-11)5-10-8(12)13-2/h7,9H,3-6H2,1-2H3,(H,10,12). The van der Waals surface area contributed by atoms with E-state index in [1.165, 1.54) is 7.11 Å². The van der Waals surface area contributed by atoms with Crippen LogP contribution < -0.4 is 10.6 Å². The zero-order valence-corrected chi connectivity index (χ0v) is 8.17. The number of hydrogen-bond donors (Lipinski definition) is 2. The number of rotatable bonds is 2. The van der Waals surface area contributed by atoms with Crippen molar-refractivity contribution in [2.75, 3.05) is 40.3 Å². The summed E-state index contributed by atoms with van der Waals surface area (Å²) in [6.07, 6.45) is -0.366. The Hall–Kier alpha value is -0.810. The number of nitrogens with one attached hydrogen (secondary N) is 2. The maximum atomic E-state index is 10.8. The Kier molecular flexibility index (Phi) is 3.98. The van der Waals surface area contributed by atoms with Crippen molar-refractivity contribution >= 4 is 6.09 Å². The molecule has 5 nitrogen and oxygen atoms in total. The number of alkyl carbamates (subject to hydrolysis) is 1. The third-order valence-electron chi connectivity index (χ3n) is 2.14. The van der Waals surface area contributed by atoms with E-state index in [1.54, 1.807) is 0 Å². The molecule has 1 amide bonds. The van der Waals surface area contributed by atoms with E-state index in [4.69, 9.17) is 0 Å². The number of likely N-dealkylation sites (N-methyl/N-ethyl adjacent to an activating group) is 1. The lowest BCUT2D eigenvalue weighted by Crippen LogP contribution is -2.53. The monoisotopic (exact) mass is 187 g/mol. The van der Waals surface area contributed by atoms with Crippen LogP contribution in [-0.2, 0) is 4.74 Å². The molecule has 0 bridgehead atoms. The molecule has 1 heterocycles. The van der Waals surface area contributed by atoms with E-state index in [-0.39, 0.29) is 6.09 Å². The lowest BCUT2D eigenvalue weighted by Gasteiger charge is -2.30. The van der Waals surface area contributed by atoms with Gasteiger partial charge in [-0.1, -0.05) is 0 Å². The molecule has 0 aromatic rings. The van der Waals surface area contributed by atoms with Gasteiger partial charge in [-0.3, -0.25) is 0 Å². The quantitative estimate of drug-likeness (QED) is 0.597. The third kappa shape index (κ3) is 3.61. The van der Waals surface area contributed by atoms with Gasteiger partial charge in [0.15, 0.2) is 0 Å². The zero-order chi connectivity index (χ0) is 9.68. The number of carbonyl (C=O) groups is 1. The van der Waals surface area contributed by atoms with Crippen molar-refractivity contribution in [1.82, 2.24) is 15.5 Å². The Morgan fingerprint density at radius 3 is 3.15 bits per heavy atom. The lowest BCUT2D eigenvalue weighted by molar-refractivity contribution is 0.166. The molecule has 1 atom stereocenters. The summed E-state index contributed by atoms with van der Waals surface area (Å²) in [5.74, 6) is 0. The van der Waals surface area contributed by atoms with Crippen LogP contribution in [0, 0.1) is 0 Å². The van der Waals surface area contributed by atoms with Crippen LogP contribution in [0.4, 0.5) is 4.79 Å². The van der Waals surface area contributed by atoms with Gasteiger partial charge in [-0.2, -0.15) is 0 Å². The van der Waals surface area contributed by atoms with Crippen LogP contribution in [-0.4, -0.2) is 57.4 Å². The molecular formula is C8H17N3O2. The minimum atomic E-state index is -0.366. The molecule has 5 heteroatoms. The first-order chi connectivity index (χ1) is 6.22. The number of carbonyl (C=O) groups excluding carboxylic acids is 1. The molecule has 2 N–H and O–H groups in total. The van der Waals surface area contributed by atoms with Crippen LogP contribution in [0.3, 0.4) is 0 Å². The summed E-state index contributed by atoms with van der Waals surface area (Å²) in [5.41, 5.74) is 0. The fourth-order valence-corrected chi connectivity index (χ4v) is 1.41. The molecule has 1 saturated heterocycles. The van der Waals surface area contributed by atoms with E-state index >= 15 is 0 Å². The fourth-order valence-electron chi connectivity index (χ4n) is 1.41. The van der Waals surface area contributed by atoms with Gasteiger partial charge in [-0.15, -0.1) is 0 Å². The Morgan fingerprint density at radius 2 is 2.54 bits per heavy atom. The van der Waals surface area contributed by atoms with Gasteiger partial charge in [0, 0.05) is 32.2 Å². The summed E-state index contributed by atoms with van der Waals surface area (Å²) in [5, 5.41) is 5.99. The van der Waals surface area contributed by atoms with Crippen LogP contribution >= 0.6 is 0 Å². The van der Waals surface area contributed by atoms with Gasteiger partial charge >= 0.3 is 6.09 Å². The Bertz CT molecular complexity index is 175. The van der Waals surface area contributed by atoms with Crippen LogP contribution in [0.25, 0.3) is 0 Å². The second-order valence-corrected chi connectivity index (χ2v) is 3.29. The summed E-state index contributed by atoms with van der Waals surface area (Å²) >= 11 is 0. The predicted molar refractivity (Wildman–Crippen MR) is 49.7 cm³/mol. The number of piperazine rings is 1. The molecule has 0 aliphatic carbocycles. The molecule has 13 heavy (non-hydrogen) atoms. The predicted octanol–water partition coefficient (Wildman–Crippen LogP) is -0.754. The molecule has 0 aromatic heterocycles. The average Bonchev–Trinajstić information content (AvgIpc) is 2.14. The molecule has 0 radical (unpaired) electrons. The largest absolute Gasteiger partial charge is 0.453 e. The van der Waals surface area contributed by atoms with Crippen molar-refractivity contribution in [3.8, 4) is 0 Å². The minimum absolute atomic E-state index is 0.331. The maximum Gasteiger partial charge on any atom is 0.406 e. The van der Waals surface area contributed by atoms with Crippen molar-refractivity contribution in [3.63, 3.8) is 0 Å². The Balaban J connectivity index is 2.17. The number of nitrogens with zero attached hydrogens (tertiary/aromatic N) is 1. The van der Waals surface area contributed by atoms with E-state index in [2.05, 4.69) is 27.3 Å². The lowest BCUT2D eigenvalue weighted by atomic mass is 10.2. The summed E-state index contributed by atoms with van der Waals surface area (Å²) in [6, 6.07) is 0.331. The SMILES string of the molecule is COC(=O)NCC1CN(C)CCN1. The number of ether oxygens (including phenoxy) is 1. The number of hydrogen-bond acceptors (Lipinski definition) is 4. The molecule has 0 saturated carbocycles. The van der Waals surface area contributed by atoms with Crippen molar-refractivity contribution in [3.05, 3.63) is 0 Å². The van der Waals surface area contributed by atoms with Crippen molar-refractivity contribution in [2.45, 2.75) is 6.04 Å². The van der Waals surface area contributed by atoms with E-state index < -0.39 is 0 Å². The Labute approximate surface area is 78.4 Å². The molecule has 1 fully saturated rings. The minimum Gasteiger partial charge on any atom is -0.453 e. The maximum absolute atomic E-state index is 10.8. The van der Waals surface area contributed by atoms with Gasteiger partial charge < -0.3 is 20.3 Å². The second-order valence-electron chi connectivity index (χ2n) is 3.29. The normalized spacial score (nSPS) is 24.0. The molecule has 1 aliphatic rings. The van der Waals surface area contributed by atoms with Crippen LogP contribution in [0.2, 0.25) is 0 Å². The average molecular weight is 187 g/mol. The topological polar surface area (TPSA) is 53.6 Å². The van der Waals surface area contributed by atoms with Crippen LogP contribution in [0.1, 0.15) is 0 Å². The second kappa shape index (κ2) is 5.04. The smallest absolute Gasteiger partial charge is 0.406 e. The van der Waals surface area contributed by atoms with Gasteiger partial charge in [0.25, 0.3) is 0 Å². The van der Waals surface area contributed by atoms with E-state index in [0.717, 1.165) is 19.6 Å². The Morgan fingerprint density at radius 1 is 1.77 bits per heavy atom. The highest BCUT2D eigenvalue weighted by atomic mass is 16.5. The first-order valence-electron chi connectivity index (χ1n) is 4.46. The first-order valence-corrected chi connectivity index (χ1v) is 4.46. The fraction of sp³-hybridized carbons (Fsp3) is 0.875. The van der Waals surface area contributed by atoms with Crippen molar-refractivity contribution < 1.29 is 9.53 Å². The highest BCUT2D eigenvalue weighted by molar-refractivity contribution is 5.66. The van der Waals surface area contributed by atoms with Crippen LogP contribution in [0.5, 0.6) is 0 Å². The molecule has 1 unspecified atom stereocenters. The van der Waals surface area contributed by atoms with Crippen molar-refractivity contribution in [1.29, 1.82) is 0 Å².